The van der Waals surface area contributed by atoms with Crippen molar-refractivity contribution in [3.63, 3.8) is 0 Å². The smallest absolute Gasteiger partial charge is 0.251 e. The topological polar surface area (TPSA) is 61.4 Å². The maximum atomic E-state index is 13.4. The maximum absolute atomic E-state index is 13.4. The zero-order valence-electron chi connectivity index (χ0n) is 19.3. The molecule has 2 N–H and O–H groups in total. The second-order valence-electron chi connectivity index (χ2n) is 8.83. The lowest BCUT2D eigenvalue weighted by molar-refractivity contribution is -0.133. The molecule has 5 heteroatoms. The van der Waals surface area contributed by atoms with Gasteiger partial charge in [-0.3, -0.25) is 9.59 Å². The minimum atomic E-state index is -0.557. The van der Waals surface area contributed by atoms with Crippen LogP contribution in [0.1, 0.15) is 47.6 Å². The number of nitrogens with one attached hydrogen (secondary N) is 2. The van der Waals surface area contributed by atoms with Crippen LogP contribution in [0.4, 0.5) is 11.4 Å². The summed E-state index contributed by atoms with van der Waals surface area (Å²) in [5.74, 6) is 0.0948. The van der Waals surface area contributed by atoms with Crippen LogP contribution in [-0.2, 0) is 16.1 Å². The van der Waals surface area contributed by atoms with Gasteiger partial charge in [0.2, 0.25) is 5.91 Å². The van der Waals surface area contributed by atoms with E-state index in [0.29, 0.717) is 13.0 Å². The fourth-order valence-corrected chi connectivity index (χ4v) is 4.38. The molecule has 3 aromatic carbocycles. The summed E-state index contributed by atoms with van der Waals surface area (Å²) < 4.78 is 0. The normalized spacial score (nSPS) is 14.6. The molecule has 1 heterocycles. The minimum absolute atomic E-state index is 0.122. The molecule has 2 amide bonds. The second-order valence-corrected chi connectivity index (χ2v) is 8.83. The second kappa shape index (κ2) is 10.3. The van der Waals surface area contributed by atoms with E-state index in [1.165, 1.54) is 0 Å². The number of rotatable bonds is 7. The van der Waals surface area contributed by atoms with Crippen LogP contribution in [0.25, 0.3) is 0 Å². The molecule has 1 aliphatic heterocycles. The van der Waals surface area contributed by atoms with Crippen LogP contribution >= 0.6 is 0 Å². The summed E-state index contributed by atoms with van der Waals surface area (Å²) in [5, 5.41) is 6.49. The van der Waals surface area contributed by atoms with Crippen LogP contribution in [0.5, 0.6) is 0 Å². The Morgan fingerprint density at radius 2 is 1.67 bits per heavy atom. The third-order valence-corrected chi connectivity index (χ3v) is 5.92. The molecule has 1 atom stereocenters. The molecule has 0 saturated carbocycles. The molecule has 1 unspecified atom stereocenters. The zero-order valence-corrected chi connectivity index (χ0v) is 19.3. The number of aryl methyl sites for hydroxylation is 2. The third-order valence-electron chi connectivity index (χ3n) is 5.92. The molecule has 1 saturated heterocycles. The zero-order chi connectivity index (χ0) is 23.2. The van der Waals surface area contributed by atoms with Gasteiger partial charge in [-0.05, 0) is 73.2 Å². The Bertz CT molecular complexity index is 1110. The van der Waals surface area contributed by atoms with Crippen molar-refractivity contribution >= 4 is 23.2 Å². The van der Waals surface area contributed by atoms with Crippen molar-refractivity contribution in [1.82, 2.24) is 4.90 Å². The van der Waals surface area contributed by atoms with E-state index < -0.39 is 6.04 Å². The number of nitrogens with zero attached hydrogens (tertiary/aromatic N) is 1. The number of hydrogen-bond acceptors (Lipinski definition) is 3. The lowest BCUT2D eigenvalue weighted by Gasteiger charge is -2.27. The van der Waals surface area contributed by atoms with Gasteiger partial charge in [0.1, 0.15) is 6.04 Å². The van der Waals surface area contributed by atoms with E-state index in [1.54, 1.807) is 0 Å². The van der Waals surface area contributed by atoms with Gasteiger partial charge < -0.3 is 15.5 Å². The van der Waals surface area contributed by atoms with Crippen LogP contribution in [0.2, 0.25) is 0 Å². The van der Waals surface area contributed by atoms with E-state index in [0.717, 1.165) is 53.0 Å². The van der Waals surface area contributed by atoms with Crippen LogP contribution in [0.3, 0.4) is 0 Å². The average Bonchev–Trinajstić information content (AvgIpc) is 2.79. The van der Waals surface area contributed by atoms with Gasteiger partial charge >= 0.3 is 0 Å². The number of benzene rings is 3. The summed E-state index contributed by atoms with van der Waals surface area (Å²) in [5.41, 5.74) is 5.79. The predicted octanol–water partition coefficient (Wildman–Crippen LogP) is 5.61. The maximum Gasteiger partial charge on any atom is 0.251 e. The van der Waals surface area contributed by atoms with Crippen LogP contribution in [-0.4, -0.2) is 23.3 Å². The van der Waals surface area contributed by atoms with Crippen molar-refractivity contribution in [3.05, 3.63) is 95.1 Å². The molecule has 0 aromatic heterocycles. The number of hydrogen-bond donors (Lipinski definition) is 2. The molecule has 33 heavy (non-hydrogen) atoms. The van der Waals surface area contributed by atoms with Gasteiger partial charge in [0.05, 0.1) is 0 Å². The number of amides is 2. The van der Waals surface area contributed by atoms with E-state index in [2.05, 4.69) is 16.7 Å². The molecule has 0 radical (unpaired) electrons. The van der Waals surface area contributed by atoms with Crippen molar-refractivity contribution in [2.75, 3.05) is 17.2 Å². The highest BCUT2D eigenvalue weighted by Gasteiger charge is 2.22. The van der Waals surface area contributed by atoms with E-state index in [9.17, 15) is 9.59 Å². The first-order valence-electron chi connectivity index (χ1n) is 11.6. The Morgan fingerprint density at radius 1 is 0.909 bits per heavy atom. The van der Waals surface area contributed by atoms with Crippen molar-refractivity contribution in [2.45, 2.75) is 45.7 Å². The highest BCUT2D eigenvalue weighted by atomic mass is 16.2. The molecule has 1 aliphatic rings. The predicted molar refractivity (Wildman–Crippen MR) is 133 cm³/mol. The van der Waals surface area contributed by atoms with Crippen molar-refractivity contribution in [2.24, 2.45) is 0 Å². The van der Waals surface area contributed by atoms with E-state index in [1.807, 2.05) is 85.5 Å². The standard InChI is InChI=1S/C28H31N3O2/c1-20-15-21(2)17-25(16-20)30-28(33)27(23-10-4-3-5-11-23)29-24-12-8-9-22(18-24)19-31-14-7-6-13-26(31)32/h3-5,8-12,15-18,27,29H,6-7,13-14,19H2,1-2H3,(H,30,33). The number of anilines is 2. The monoisotopic (exact) mass is 441 g/mol. The Labute approximate surface area is 195 Å². The molecule has 3 aromatic rings. The van der Waals surface area contributed by atoms with Gasteiger partial charge in [-0.1, -0.05) is 48.5 Å². The van der Waals surface area contributed by atoms with Gasteiger partial charge in [-0.2, -0.15) is 0 Å². The summed E-state index contributed by atoms with van der Waals surface area (Å²) >= 11 is 0. The number of likely N-dealkylation sites (tertiary alicyclic amines) is 1. The van der Waals surface area contributed by atoms with Crippen molar-refractivity contribution in [3.8, 4) is 0 Å². The van der Waals surface area contributed by atoms with Crippen LogP contribution in [0, 0.1) is 13.8 Å². The van der Waals surface area contributed by atoms with Gasteiger partial charge in [0.25, 0.3) is 5.91 Å². The summed E-state index contributed by atoms with van der Waals surface area (Å²) in [6.45, 7) is 5.45. The fraction of sp³-hybridized carbons (Fsp3) is 0.286. The molecule has 4 rings (SSSR count). The van der Waals surface area contributed by atoms with E-state index in [4.69, 9.17) is 0 Å². The largest absolute Gasteiger partial charge is 0.370 e. The first-order chi connectivity index (χ1) is 16.0. The van der Waals surface area contributed by atoms with Gasteiger partial charge in [0.15, 0.2) is 0 Å². The number of carbonyl (C=O) groups excluding carboxylic acids is 2. The third kappa shape index (κ3) is 6.01. The van der Waals surface area contributed by atoms with Crippen LogP contribution in [0.15, 0.2) is 72.8 Å². The van der Waals surface area contributed by atoms with Crippen LogP contribution < -0.4 is 10.6 Å². The highest BCUT2D eigenvalue weighted by Crippen LogP contribution is 2.24. The van der Waals surface area contributed by atoms with Gasteiger partial charge in [0, 0.05) is 30.9 Å². The number of carbonyl (C=O) groups is 2. The molecular weight excluding hydrogens is 410 g/mol. The molecule has 170 valence electrons. The molecule has 1 fully saturated rings. The Morgan fingerprint density at radius 3 is 2.39 bits per heavy atom. The first-order valence-corrected chi connectivity index (χ1v) is 11.6. The SMILES string of the molecule is Cc1cc(C)cc(NC(=O)C(Nc2cccc(CN3CCCCC3=O)c2)c2ccccc2)c1. The van der Waals surface area contributed by atoms with E-state index in [-0.39, 0.29) is 11.8 Å². The van der Waals surface area contributed by atoms with E-state index >= 15 is 0 Å². The summed E-state index contributed by atoms with van der Waals surface area (Å²) in [4.78, 5) is 27.5. The summed E-state index contributed by atoms with van der Waals surface area (Å²) in [7, 11) is 0. The van der Waals surface area contributed by atoms with Crippen molar-refractivity contribution < 1.29 is 9.59 Å². The minimum Gasteiger partial charge on any atom is -0.370 e. The quantitative estimate of drug-likeness (QED) is 0.501. The molecule has 5 nitrogen and oxygen atoms in total. The number of piperidine rings is 1. The fourth-order valence-electron chi connectivity index (χ4n) is 4.38. The highest BCUT2D eigenvalue weighted by molar-refractivity contribution is 5.97. The lowest BCUT2D eigenvalue weighted by Crippen LogP contribution is -2.34. The molecular formula is C28H31N3O2. The average molecular weight is 442 g/mol. The Kier molecular flexibility index (Phi) is 7.08. The van der Waals surface area contributed by atoms with Crippen molar-refractivity contribution in [1.29, 1.82) is 0 Å². The van der Waals surface area contributed by atoms with Gasteiger partial charge in [-0.15, -0.1) is 0 Å². The molecule has 0 bridgehead atoms. The first kappa shape index (κ1) is 22.6. The Balaban J connectivity index is 1.54. The summed E-state index contributed by atoms with van der Waals surface area (Å²) in [6, 6.07) is 23.2. The summed E-state index contributed by atoms with van der Waals surface area (Å²) in [6.07, 6.45) is 2.66. The lowest BCUT2D eigenvalue weighted by atomic mass is 10.0. The Hall–Kier alpha value is -3.60. The molecule has 0 spiro atoms. The van der Waals surface area contributed by atoms with Gasteiger partial charge in [-0.25, -0.2) is 0 Å². The molecule has 0 aliphatic carbocycles.